The predicted octanol–water partition coefficient (Wildman–Crippen LogP) is 2.89. The zero-order valence-electron chi connectivity index (χ0n) is 2.97. The second-order valence-electron chi connectivity index (χ2n) is 0.842. The van der Waals surface area contributed by atoms with Crippen molar-refractivity contribution in [3.63, 3.8) is 0 Å². The van der Waals surface area contributed by atoms with Crippen molar-refractivity contribution in [2.24, 2.45) is 0 Å². The summed E-state index contributed by atoms with van der Waals surface area (Å²) in [4.78, 5) is 0. The number of halogens is 5. The Bertz CT molecular complexity index is 55.2. The molecule has 5 heteroatoms. The van der Waals surface area contributed by atoms with Gasteiger partial charge in [0.15, 0.2) is 0 Å². The summed E-state index contributed by atoms with van der Waals surface area (Å²) in [6, 6.07) is 0. The molecule has 0 saturated heterocycles. The molecular formula is C2HCl4F. The van der Waals surface area contributed by atoms with Crippen molar-refractivity contribution in [3.05, 3.63) is 0 Å². The van der Waals surface area contributed by atoms with E-state index in [1.807, 2.05) is 0 Å². The minimum absolute atomic E-state index is 1.93. The summed E-state index contributed by atoms with van der Waals surface area (Å²) in [6.07, 6.45) is 0. The van der Waals surface area contributed by atoms with E-state index in [1.54, 1.807) is 0 Å². The van der Waals surface area contributed by atoms with E-state index in [4.69, 9.17) is 46.4 Å². The van der Waals surface area contributed by atoms with Crippen molar-refractivity contribution >= 4 is 46.4 Å². The molecule has 0 saturated carbocycles. The highest BCUT2D eigenvalue weighted by molar-refractivity contribution is 6.70. The van der Waals surface area contributed by atoms with Crippen LogP contribution in [-0.4, -0.2) is 9.42 Å². The van der Waals surface area contributed by atoms with Gasteiger partial charge in [-0.05, 0) is 0 Å². The van der Waals surface area contributed by atoms with Crippen LogP contribution in [0.25, 0.3) is 0 Å². The summed E-state index contributed by atoms with van der Waals surface area (Å²) in [6.45, 7) is 0. The van der Waals surface area contributed by atoms with Gasteiger partial charge in [0.1, 0.15) is 0 Å². The van der Waals surface area contributed by atoms with E-state index in [0.717, 1.165) is 0 Å². The van der Waals surface area contributed by atoms with Crippen LogP contribution in [0.5, 0.6) is 0 Å². The molecule has 0 aliphatic carbocycles. The summed E-state index contributed by atoms with van der Waals surface area (Å²) in [5.74, 6) is 0. The Kier molecular flexibility index (Phi) is 2.99. The van der Waals surface area contributed by atoms with Crippen LogP contribution < -0.4 is 0 Å². The largest absolute Gasteiger partial charge is 0.235 e. The molecule has 1 unspecified atom stereocenters. The normalized spacial score (nSPS) is 16.7. The molecule has 0 N–H and O–H groups in total. The molecule has 0 radical (unpaired) electrons. The zero-order chi connectivity index (χ0) is 6.08. The van der Waals surface area contributed by atoms with Gasteiger partial charge in [-0.2, -0.15) is 0 Å². The Morgan fingerprint density at radius 1 is 1.29 bits per heavy atom. The molecule has 0 aliphatic rings. The first-order chi connectivity index (χ1) is 2.94. The fraction of sp³-hybridized carbons (Fsp3) is 1.00. The van der Waals surface area contributed by atoms with Gasteiger partial charge in [-0.25, -0.2) is 4.39 Å². The molecule has 44 valence electrons. The minimum atomic E-state index is -1.98. The van der Waals surface area contributed by atoms with Crippen LogP contribution >= 0.6 is 46.4 Å². The Labute approximate surface area is 60.5 Å². The van der Waals surface area contributed by atoms with Gasteiger partial charge in [-0.3, -0.25) is 0 Å². The van der Waals surface area contributed by atoms with Crippen LogP contribution in [0, 0.1) is 0 Å². The van der Waals surface area contributed by atoms with Crippen LogP contribution in [0.1, 0.15) is 0 Å². The van der Waals surface area contributed by atoms with Gasteiger partial charge in [0.25, 0.3) is 0 Å². The van der Waals surface area contributed by atoms with E-state index in [-0.39, 0.29) is 0 Å². The van der Waals surface area contributed by atoms with Gasteiger partial charge in [0.2, 0.25) is 9.42 Å². The molecule has 0 spiro atoms. The Morgan fingerprint density at radius 2 is 1.43 bits per heavy atom. The van der Waals surface area contributed by atoms with Crippen molar-refractivity contribution in [1.82, 2.24) is 0 Å². The Balaban J connectivity index is 3.54. The average molecular weight is 186 g/mol. The van der Waals surface area contributed by atoms with Crippen molar-refractivity contribution in [2.75, 3.05) is 0 Å². The maximum absolute atomic E-state index is 11.6. The maximum atomic E-state index is 11.6. The monoisotopic (exact) mass is 184 g/mol. The second-order valence-corrected chi connectivity index (χ2v) is 3.59. The van der Waals surface area contributed by atoms with Gasteiger partial charge in [0.05, 0.1) is 0 Å². The predicted molar refractivity (Wildman–Crippen MR) is 31.0 cm³/mol. The van der Waals surface area contributed by atoms with E-state index < -0.39 is 9.42 Å². The summed E-state index contributed by atoms with van der Waals surface area (Å²) in [5, 5.41) is 0. The lowest BCUT2D eigenvalue weighted by atomic mass is 10.9. The molecule has 1 atom stereocenters. The lowest BCUT2D eigenvalue weighted by molar-refractivity contribution is 0.450. The molecule has 0 aromatic carbocycles. The van der Waals surface area contributed by atoms with E-state index in [2.05, 4.69) is 0 Å². The average Bonchev–Trinajstić information content (AvgIpc) is 1.31. The zero-order valence-corrected chi connectivity index (χ0v) is 5.99. The number of rotatable bonds is 0. The van der Waals surface area contributed by atoms with Crippen LogP contribution in [0.2, 0.25) is 0 Å². The third kappa shape index (κ3) is 3.65. The SMILES string of the molecule is FC(Cl)C(Cl)(Cl)Cl. The molecule has 0 aliphatic heterocycles. The van der Waals surface area contributed by atoms with Crippen molar-refractivity contribution < 1.29 is 4.39 Å². The number of hydrogen-bond acceptors (Lipinski definition) is 0. The Morgan fingerprint density at radius 3 is 1.43 bits per heavy atom. The molecule has 0 aromatic rings. The van der Waals surface area contributed by atoms with Gasteiger partial charge in [0, 0.05) is 0 Å². The van der Waals surface area contributed by atoms with Crippen LogP contribution in [0.3, 0.4) is 0 Å². The molecule has 0 heterocycles. The summed E-state index contributed by atoms with van der Waals surface area (Å²) < 4.78 is 9.59. The molecule has 0 amide bonds. The van der Waals surface area contributed by atoms with Gasteiger partial charge >= 0.3 is 0 Å². The fourth-order valence-electron chi connectivity index (χ4n) is 0. The molecule has 7 heavy (non-hydrogen) atoms. The maximum Gasteiger partial charge on any atom is 0.235 e. The van der Waals surface area contributed by atoms with Crippen LogP contribution in [-0.2, 0) is 0 Å². The van der Waals surface area contributed by atoms with E-state index in [9.17, 15) is 4.39 Å². The van der Waals surface area contributed by atoms with Gasteiger partial charge in [-0.15, -0.1) is 0 Å². The van der Waals surface area contributed by atoms with E-state index >= 15 is 0 Å². The minimum Gasteiger partial charge on any atom is -0.225 e. The smallest absolute Gasteiger partial charge is 0.225 e. The topological polar surface area (TPSA) is 0 Å². The molecule has 0 rings (SSSR count). The van der Waals surface area contributed by atoms with Gasteiger partial charge in [-0.1, -0.05) is 46.4 Å². The second kappa shape index (κ2) is 2.58. The highest BCUT2D eigenvalue weighted by Gasteiger charge is 2.30. The van der Waals surface area contributed by atoms with Crippen molar-refractivity contribution in [3.8, 4) is 0 Å². The summed E-state index contributed by atoms with van der Waals surface area (Å²) in [5.41, 5.74) is -1.93. The Hall–Kier alpha value is 1.09. The molecule has 0 fully saturated rings. The molecule has 0 nitrogen and oxygen atoms in total. The lowest BCUT2D eigenvalue weighted by Crippen LogP contribution is -2.12. The number of alkyl halides is 5. The molecular weight excluding hydrogens is 185 g/mol. The first-order valence-electron chi connectivity index (χ1n) is 1.29. The van der Waals surface area contributed by atoms with Gasteiger partial charge < -0.3 is 0 Å². The third-order valence-electron chi connectivity index (χ3n) is 0.247. The fourth-order valence-corrected chi connectivity index (χ4v) is 0. The first kappa shape index (κ1) is 8.09. The van der Waals surface area contributed by atoms with E-state index in [1.165, 1.54) is 0 Å². The summed E-state index contributed by atoms with van der Waals surface area (Å²) >= 11 is 19.4. The van der Waals surface area contributed by atoms with E-state index in [0.29, 0.717) is 0 Å². The number of hydrogen-bond donors (Lipinski definition) is 0. The third-order valence-corrected chi connectivity index (χ3v) is 1.48. The molecule has 0 bridgehead atoms. The highest BCUT2D eigenvalue weighted by Crippen LogP contribution is 2.34. The van der Waals surface area contributed by atoms with Crippen LogP contribution in [0.15, 0.2) is 0 Å². The van der Waals surface area contributed by atoms with Crippen LogP contribution in [0.4, 0.5) is 4.39 Å². The quantitative estimate of drug-likeness (QED) is 0.510. The summed E-state index contributed by atoms with van der Waals surface area (Å²) in [7, 11) is 0. The standard InChI is InChI=1S/C2HCl4F/c3-1(7)2(4,5)6/h1H. The lowest BCUT2D eigenvalue weighted by Gasteiger charge is -2.07. The van der Waals surface area contributed by atoms with Crippen molar-refractivity contribution in [2.45, 2.75) is 9.42 Å². The highest BCUT2D eigenvalue weighted by atomic mass is 35.6. The first-order valence-corrected chi connectivity index (χ1v) is 2.86. The molecule has 0 aromatic heterocycles. The van der Waals surface area contributed by atoms with Crippen molar-refractivity contribution in [1.29, 1.82) is 0 Å².